The molecule has 1 aliphatic rings. The van der Waals surface area contributed by atoms with Gasteiger partial charge in [-0.3, -0.25) is 0 Å². The predicted octanol–water partition coefficient (Wildman–Crippen LogP) is 13.5. The van der Waals surface area contributed by atoms with Crippen molar-refractivity contribution in [1.29, 1.82) is 0 Å². The van der Waals surface area contributed by atoms with Gasteiger partial charge in [0.25, 0.3) is 0 Å². The van der Waals surface area contributed by atoms with Crippen LogP contribution in [0.1, 0.15) is 45.2 Å². The molecule has 52 heavy (non-hydrogen) atoms. The highest BCUT2D eigenvalue weighted by molar-refractivity contribution is 6.06. The third kappa shape index (κ3) is 5.25. The average molecular weight is 665 g/mol. The molecule has 1 heteroatoms. The minimum absolute atomic E-state index is 0.117. The summed E-state index contributed by atoms with van der Waals surface area (Å²) in [6.07, 6.45) is 0.859. The monoisotopic (exact) mass is 664 g/mol. The van der Waals surface area contributed by atoms with Gasteiger partial charge in [0, 0.05) is 28.2 Å². The van der Waals surface area contributed by atoms with Crippen LogP contribution in [0.3, 0.4) is 0 Å². The van der Waals surface area contributed by atoms with Gasteiger partial charge in [-0.15, -0.1) is 0 Å². The standard InChI is InChI=1S/C51H36O/c1-3-12-35(13-4-1)36-26-28-38(29-27-36)47(46-20-11-19-45-42-17-9-10-21-49(42)52-51(45)46)32-34-22-24-37(25-23-34)40-30-31-44-48(33-40)41-16-7-8-18-43(41)50(44)39-14-5-2-6-15-39/h1-31,33,47,50H,32H2/t47-,50?/m1/s1. The van der Waals surface area contributed by atoms with Crippen LogP contribution in [0.4, 0.5) is 0 Å². The molecule has 1 aromatic heterocycles. The predicted molar refractivity (Wildman–Crippen MR) is 216 cm³/mol. The third-order valence-electron chi connectivity index (χ3n) is 11.0. The summed E-state index contributed by atoms with van der Waals surface area (Å²) in [5.41, 5.74) is 17.4. The van der Waals surface area contributed by atoms with Crippen LogP contribution in [0, 0.1) is 0 Å². The molecule has 9 aromatic rings. The zero-order valence-corrected chi connectivity index (χ0v) is 28.7. The summed E-state index contributed by atoms with van der Waals surface area (Å²) in [5.74, 6) is 0.380. The van der Waals surface area contributed by atoms with Gasteiger partial charge in [0.2, 0.25) is 0 Å². The first-order valence-electron chi connectivity index (χ1n) is 18.2. The molecular weight excluding hydrogens is 629 g/mol. The Morgan fingerprint density at radius 3 is 1.88 bits per heavy atom. The number of benzene rings is 8. The van der Waals surface area contributed by atoms with Gasteiger partial charge in [0.1, 0.15) is 11.2 Å². The van der Waals surface area contributed by atoms with Crippen LogP contribution < -0.4 is 0 Å². The fourth-order valence-corrected chi connectivity index (χ4v) is 8.45. The second kappa shape index (κ2) is 12.7. The van der Waals surface area contributed by atoms with Crippen molar-refractivity contribution >= 4 is 21.9 Å². The summed E-state index contributed by atoms with van der Waals surface area (Å²) in [6, 6.07) is 70.8. The van der Waals surface area contributed by atoms with Gasteiger partial charge in [0.05, 0.1) is 0 Å². The summed E-state index contributed by atoms with van der Waals surface area (Å²) in [5, 5.41) is 2.33. The van der Waals surface area contributed by atoms with Crippen LogP contribution in [0.25, 0.3) is 55.3 Å². The number of rotatable bonds is 7. The highest BCUT2D eigenvalue weighted by Gasteiger charge is 2.30. The van der Waals surface area contributed by atoms with E-state index in [1.54, 1.807) is 0 Å². The molecule has 0 saturated carbocycles. The lowest BCUT2D eigenvalue weighted by atomic mass is 9.84. The number of furan rings is 1. The number of para-hydroxylation sites is 2. The molecule has 2 atom stereocenters. The summed E-state index contributed by atoms with van der Waals surface area (Å²) in [6.45, 7) is 0. The van der Waals surface area contributed by atoms with E-state index in [4.69, 9.17) is 4.42 Å². The minimum atomic E-state index is 0.117. The van der Waals surface area contributed by atoms with E-state index in [0.717, 1.165) is 23.0 Å². The maximum absolute atomic E-state index is 6.59. The number of fused-ring (bicyclic) bond motifs is 6. The third-order valence-corrected chi connectivity index (χ3v) is 11.0. The van der Waals surface area contributed by atoms with Crippen molar-refractivity contribution in [3.05, 3.63) is 228 Å². The summed E-state index contributed by atoms with van der Waals surface area (Å²) in [7, 11) is 0. The molecule has 1 aliphatic carbocycles. The van der Waals surface area contributed by atoms with Crippen molar-refractivity contribution in [3.8, 4) is 33.4 Å². The number of hydrogen-bond acceptors (Lipinski definition) is 1. The fraction of sp³-hybridized carbons (Fsp3) is 0.0588. The molecule has 0 radical (unpaired) electrons. The Bertz CT molecular complexity index is 2680. The van der Waals surface area contributed by atoms with E-state index in [1.807, 2.05) is 6.07 Å². The van der Waals surface area contributed by atoms with Gasteiger partial charge in [0.15, 0.2) is 0 Å². The molecule has 10 rings (SSSR count). The Balaban J connectivity index is 1.01. The quantitative estimate of drug-likeness (QED) is 0.165. The minimum Gasteiger partial charge on any atom is -0.456 e. The van der Waals surface area contributed by atoms with Crippen LogP contribution in [-0.4, -0.2) is 0 Å². The topological polar surface area (TPSA) is 13.1 Å². The second-order valence-electron chi connectivity index (χ2n) is 14.0. The van der Waals surface area contributed by atoms with Gasteiger partial charge in [-0.2, -0.15) is 0 Å². The van der Waals surface area contributed by atoms with E-state index in [2.05, 4.69) is 188 Å². The van der Waals surface area contributed by atoms with E-state index >= 15 is 0 Å². The average Bonchev–Trinajstić information content (AvgIpc) is 3.77. The van der Waals surface area contributed by atoms with Gasteiger partial charge in [-0.25, -0.2) is 0 Å². The van der Waals surface area contributed by atoms with Gasteiger partial charge < -0.3 is 4.42 Å². The highest BCUT2D eigenvalue weighted by atomic mass is 16.3. The molecule has 8 aromatic carbocycles. The lowest BCUT2D eigenvalue weighted by Gasteiger charge is -2.20. The maximum Gasteiger partial charge on any atom is 0.139 e. The molecular formula is C51H36O. The largest absolute Gasteiger partial charge is 0.456 e. The molecule has 0 spiro atoms. The van der Waals surface area contributed by atoms with Crippen molar-refractivity contribution < 1.29 is 4.42 Å². The smallest absolute Gasteiger partial charge is 0.139 e. The number of hydrogen-bond donors (Lipinski definition) is 0. The van der Waals surface area contributed by atoms with Gasteiger partial charge in [-0.1, -0.05) is 182 Å². The molecule has 1 nitrogen and oxygen atoms in total. The highest BCUT2D eigenvalue weighted by Crippen LogP contribution is 2.49. The maximum atomic E-state index is 6.59. The van der Waals surface area contributed by atoms with Gasteiger partial charge in [-0.05, 0) is 79.8 Å². The lowest BCUT2D eigenvalue weighted by molar-refractivity contribution is 0.654. The Morgan fingerprint density at radius 1 is 0.442 bits per heavy atom. The van der Waals surface area contributed by atoms with E-state index in [-0.39, 0.29) is 11.8 Å². The van der Waals surface area contributed by atoms with Crippen LogP contribution >= 0.6 is 0 Å². The molecule has 246 valence electrons. The van der Waals surface area contributed by atoms with Crippen LogP contribution in [0.2, 0.25) is 0 Å². The first-order valence-corrected chi connectivity index (χ1v) is 18.2. The molecule has 0 amide bonds. The first kappa shape index (κ1) is 30.4. The van der Waals surface area contributed by atoms with E-state index in [0.29, 0.717) is 0 Å². The Labute approximate surface area is 304 Å². The summed E-state index contributed by atoms with van der Waals surface area (Å²) in [4.78, 5) is 0. The van der Waals surface area contributed by atoms with Crippen molar-refractivity contribution in [3.63, 3.8) is 0 Å². The lowest BCUT2D eigenvalue weighted by Crippen LogP contribution is -2.06. The van der Waals surface area contributed by atoms with Crippen LogP contribution in [0.5, 0.6) is 0 Å². The van der Waals surface area contributed by atoms with Crippen molar-refractivity contribution in [2.24, 2.45) is 0 Å². The molecule has 0 N–H and O–H groups in total. The molecule has 1 unspecified atom stereocenters. The van der Waals surface area contributed by atoms with E-state index < -0.39 is 0 Å². The first-order chi connectivity index (χ1) is 25.8. The van der Waals surface area contributed by atoms with Crippen LogP contribution in [-0.2, 0) is 6.42 Å². The molecule has 0 bridgehead atoms. The molecule has 1 heterocycles. The van der Waals surface area contributed by atoms with Crippen LogP contribution in [0.15, 0.2) is 199 Å². The van der Waals surface area contributed by atoms with E-state index in [9.17, 15) is 0 Å². The van der Waals surface area contributed by atoms with Crippen molar-refractivity contribution in [2.75, 3.05) is 0 Å². The molecule has 0 fully saturated rings. The second-order valence-corrected chi connectivity index (χ2v) is 14.0. The summed E-state index contributed by atoms with van der Waals surface area (Å²) < 4.78 is 6.59. The SMILES string of the molecule is c1ccc(-c2ccc([C@@H](Cc3ccc(-c4ccc5c(c4)-c4ccccc4C5c4ccccc4)cc3)c3cccc4c3oc3ccccc34)cc2)cc1. The normalized spacial score (nSPS) is 14.0. The fourth-order valence-electron chi connectivity index (χ4n) is 8.45. The zero-order chi connectivity index (χ0) is 34.4. The van der Waals surface area contributed by atoms with Crippen molar-refractivity contribution in [2.45, 2.75) is 18.3 Å². The zero-order valence-electron chi connectivity index (χ0n) is 28.7. The molecule has 0 aliphatic heterocycles. The van der Waals surface area contributed by atoms with Gasteiger partial charge >= 0.3 is 0 Å². The summed E-state index contributed by atoms with van der Waals surface area (Å²) >= 11 is 0. The van der Waals surface area contributed by atoms with E-state index in [1.165, 1.54) is 72.1 Å². The Hall–Kier alpha value is -6.44. The molecule has 0 saturated heterocycles. The Kier molecular flexibility index (Phi) is 7.43. The Morgan fingerprint density at radius 2 is 1.06 bits per heavy atom. The van der Waals surface area contributed by atoms with Crippen molar-refractivity contribution in [1.82, 2.24) is 0 Å².